The molecule has 0 bridgehead atoms. The Balaban J connectivity index is 2.00. The van der Waals surface area contributed by atoms with Crippen molar-refractivity contribution in [2.75, 3.05) is 6.61 Å². The molecule has 1 aromatic heterocycles. The van der Waals surface area contributed by atoms with Crippen LogP contribution in [-0.4, -0.2) is 22.8 Å². The summed E-state index contributed by atoms with van der Waals surface area (Å²) in [4.78, 5) is 12.0. The van der Waals surface area contributed by atoms with Gasteiger partial charge in [-0.15, -0.1) is 0 Å². The second-order valence-corrected chi connectivity index (χ2v) is 6.25. The van der Waals surface area contributed by atoms with Gasteiger partial charge in [0.25, 0.3) is 0 Å². The summed E-state index contributed by atoms with van der Waals surface area (Å²) in [5, 5.41) is 17.5. The monoisotopic (exact) mass is 393 g/mol. The van der Waals surface area contributed by atoms with Gasteiger partial charge in [-0.25, -0.2) is 4.79 Å². The maximum Gasteiger partial charge on any atom is 0.338 e. The van der Waals surface area contributed by atoms with Crippen molar-refractivity contribution < 1.29 is 14.3 Å². The summed E-state index contributed by atoms with van der Waals surface area (Å²) in [7, 11) is 0. The topological polar surface area (TPSA) is 85.1 Å². The van der Waals surface area contributed by atoms with Crippen LogP contribution in [0.25, 0.3) is 11.1 Å². The van der Waals surface area contributed by atoms with Crippen molar-refractivity contribution in [3.63, 3.8) is 0 Å². The van der Waals surface area contributed by atoms with Crippen LogP contribution in [0.1, 0.15) is 28.4 Å². The number of ether oxygens (including phenoxy) is 2. The molecule has 1 heterocycles. The van der Waals surface area contributed by atoms with Crippen LogP contribution in [0.3, 0.4) is 0 Å². The first-order valence-corrected chi connectivity index (χ1v) is 8.88. The molecule has 6 nitrogen and oxygen atoms in total. The molecule has 0 atom stereocenters. The fourth-order valence-corrected chi connectivity index (χ4v) is 2.90. The summed E-state index contributed by atoms with van der Waals surface area (Å²) >= 11 is 6.31. The molecular weight excluding hydrogens is 378 g/mol. The number of carbonyl (C=O) groups excluding carboxylic acids is 1. The molecule has 140 valence electrons. The van der Waals surface area contributed by atoms with Crippen LogP contribution in [0.15, 0.2) is 48.8 Å². The summed E-state index contributed by atoms with van der Waals surface area (Å²) in [6.07, 6.45) is 3.13. The Hall–Kier alpha value is -3.43. The predicted octanol–water partition coefficient (Wildman–Crippen LogP) is 4.95. The summed E-state index contributed by atoms with van der Waals surface area (Å²) in [6, 6.07) is 12.4. The summed E-state index contributed by atoms with van der Waals surface area (Å²) in [6.45, 7) is 3.77. The van der Waals surface area contributed by atoms with Crippen molar-refractivity contribution >= 4 is 17.6 Å². The maximum absolute atomic E-state index is 12.0. The second-order valence-electron chi connectivity index (χ2n) is 5.84. The average Bonchev–Trinajstić information content (AvgIpc) is 2.71. The van der Waals surface area contributed by atoms with Crippen molar-refractivity contribution in [2.24, 2.45) is 0 Å². The number of hydrogen-bond acceptors (Lipinski definition) is 6. The molecule has 0 aliphatic rings. The summed E-state index contributed by atoms with van der Waals surface area (Å²) in [5.74, 6) is 0.245. The number of nitriles is 1. The third-order valence-electron chi connectivity index (χ3n) is 4.03. The number of benzene rings is 2. The van der Waals surface area contributed by atoms with Gasteiger partial charge in [-0.05, 0) is 43.7 Å². The lowest BCUT2D eigenvalue weighted by Gasteiger charge is -2.14. The van der Waals surface area contributed by atoms with E-state index < -0.39 is 5.97 Å². The molecule has 2 aromatic carbocycles. The van der Waals surface area contributed by atoms with Crippen LogP contribution in [0.4, 0.5) is 0 Å². The van der Waals surface area contributed by atoms with Crippen molar-refractivity contribution in [1.82, 2.24) is 10.2 Å². The minimum absolute atomic E-state index is 0.244. The van der Waals surface area contributed by atoms with E-state index in [-0.39, 0.29) is 11.6 Å². The van der Waals surface area contributed by atoms with Gasteiger partial charge in [-0.3, -0.25) is 0 Å². The highest BCUT2D eigenvalue weighted by Gasteiger charge is 2.17. The third kappa shape index (κ3) is 3.95. The first-order chi connectivity index (χ1) is 13.5. The normalized spacial score (nSPS) is 10.2. The van der Waals surface area contributed by atoms with Gasteiger partial charge in [0.15, 0.2) is 0 Å². The third-order valence-corrected chi connectivity index (χ3v) is 4.32. The fourth-order valence-electron chi connectivity index (χ4n) is 2.70. The van der Waals surface area contributed by atoms with E-state index in [1.54, 1.807) is 56.6 Å². The molecule has 7 heteroatoms. The first kappa shape index (κ1) is 19.3. The highest BCUT2D eigenvalue weighted by molar-refractivity contribution is 6.32. The Morgan fingerprint density at radius 3 is 2.71 bits per heavy atom. The predicted molar refractivity (Wildman–Crippen MR) is 104 cm³/mol. The number of aryl methyl sites for hydroxylation is 1. The molecule has 3 rings (SSSR count). The molecular formula is C21H16ClN3O3. The quantitative estimate of drug-likeness (QED) is 0.570. The number of esters is 1. The van der Waals surface area contributed by atoms with E-state index in [9.17, 15) is 10.1 Å². The molecule has 0 unspecified atom stereocenters. The lowest BCUT2D eigenvalue weighted by atomic mass is 10.0. The Bertz CT molecular complexity index is 1060. The number of halogens is 1. The van der Waals surface area contributed by atoms with E-state index in [0.29, 0.717) is 33.8 Å². The van der Waals surface area contributed by atoms with E-state index >= 15 is 0 Å². The average molecular weight is 394 g/mol. The van der Waals surface area contributed by atoms with Crippen molar-refractivity contribution in [1.29, 1.82) is 5.26 Å². The number of hydrogen-bond donors (Lipinski definition) is 0. The lowest BCUT2D eigenvalue weighted by Crippen LogP contribution is -2.07. The van der Waals surface area contributed by atoms with E-state index in [1.165, 1.54) is 6.07 Å². The van der Waals surface area contributed by atoms with Crippen LogP contribution in [0, 0.1) is 18.3 Å². The van der Waals surface area contributed by atoms with Crippen LogP contribution >= 0.6 is 11.6 Å². The maximum atomic E-state index is 12.0. The number of aromatic nitrogens is 2. The Morgan fingerprint density at radius 1 is 1.21 bits per heavy atom. The highest BCUT2D eigenvalue weighted by Crippen LogP contribution is 2.36. The van der Waals surface area contributed by atoms with Gasteiger partial charge in [-0.1, -0.05) is 23.7 Å². The zero-order chi connectivity index (χ0) is 20.1. The standard InChI is InChI=1S/C21H16ClN3O3/c1-3-27-21(26)16-10-18(22)20(9-13(16)2)28-19-6-4-5-15(17(19)11-23)14-7-8-24-25-12-14/h4-10,12H,3H2,1-2H3. The molecule has 0 N–H and O–H groups in total. The van der Waals surface area contributed by atoms with Gasteiger partial charge in [0, 0.05) is 11.1 Å². The zero-order valence-corrected chi connectivity index (χ0v) is 16.0. The minimum atomic E-state index is -0.446. The van der Waals surface area contributed by atoms with Gasteiger partial charge in [0.05, 0.1) is 29.6 Å². The SMILES string of the molecule is CCOC(=O)c1cc(Cl)c(Oc2cccc(-c3ccnnc3)c2C#N)cc1C. The second kappa shape index (κ2) is 8.51. The van der Waals surface area contributed by atoms with E-state index in [1.807, 2.05) is 0 Å². The Kier molecular flexibility index (Phi) is 5.87. The van der Waals surface area contributed by atoms with E-state index in [2.05, 4.69) is 16.3 Å². The highest BCUT2D eigenvalue weighted by atomic mass is 35.5. The van der Waals surface area contributed by atoms with Crippen molar-refractivity contribution in [3.8, 4) is 28.7 Å². The molecule has 0 radical (unpaired) electrons. The summed E-state index contributed by atoms with van der Waals surface area (Å²) < 4.78 is 11.0. The van der Waals surface area contributed by atoms with E-state index in [4.69, 9.17) is 21.1 Å². The molecule has 0 amide bonds. The molecule has 28 heavy (non-hydrogen) atoms. The molecule has 0 saturated heterocycles. The summed E-state index contributed by atoms with van der Waals surface area (Å²) in [5.41, 5.74) is 2.80. The molecule has 0 aliphatic carbocycles. The first-order valence-electron chi connectivity index (χ1n) is 8.50. The minimum Gasteiger partial charge on any atom is -0.462 e. The molecule has 0 fully saturated rings. The van der Waals surface area contributed by atoms with Gasteiger partial charge < -0.3 is 9.47 Å². The zero-order valence-electron chi connectivity index (χ0n) is 15.3. The van der Waals surface area contributed by atoms with Crippen LogP contribution in [0.5, 0.6) is 11.5 Å². The molecule has 0 spiro atoms. The van der Waals surface area contributed by atoms with Crippen molar-refractivity contribution in [2.45, 2.75) is 13.8 Å². The number of rotatable bonds is 5. The van der Waals surface area contributed by atoms with Gasteiger partial charge >= 0.3 is 5.97 Å². The van der Waals surface area contributed by atoms with Gasteiger partial charge in [0.2, 0.25) is 0 Å². The van der Waals surface area contributed by atoms with Crippen LogP contribution in [-0.2, 0) is 4.74 Å². The van der Waals surface area contributed by atoms with Crippen LogP contribution in [0.2, 0.25) is 5.02 Å². The van der Waals surface area contributed by atoms with Gasteiger partial charge in [-0.2, -0.15) is 15.5 Å². The fraction of sp³-hybridized carbons (Fsp3) is 0.143. The lowest BCUT2D eigenvalue weighted by molar-refractivity contribution is 0.0525. The van der Waals surface area contributed by atoms with Gasteiger partial charge in [0.1, 0.15) is 23.1 Å². The van der Waals surface area contributed by atoms with E-state index in [0.717, 1.165) is 5.56 Å². The molecule has 0 saturated carbocycles. The molecule has 3 aromatic rings. The Labute approximate surface area is 167 Å². The Morgan fingerprint density at radius 2 is 2.04 bits per heavy atom. The van der Waals surface area contributed by atoms with Crippen molar-refractivity contribution in [3.05, 3.63) is 70.5 Å². The molecule has 0 aliphatic heterocycles. The number of nitrogens with zero attached hydrogens (tertiary/aromatic N) is 3. The van der Waals surface area contributed by atoms with Crippen LogP contribution < -0.4 is 4.74 Å². The smallest absolute Gasteiger partial charge is 0.338 e. The largest absolute Gasteiger partial charge is 0.462 e. The number of carbonyl (C=O) groups is 1.